The van der Waals surface area contributed by atoms with Gasteiger partial charge in [-0.2, -0.15) is 0 Å². The first kappa shape index (κ1) is 12.6. The second kappa shape index (κ2) is 4.61. The molecule has 0 amide bonds. The lowest BCUT2D eigenvalue weighted by Gasteiger charge is -2.13. The molecule has 0 N–H and O–H groups in total. The first-order chi connectivity index (χ1) is 6.81. The van der Waals surface area contributed by atoms with Gasteiger partial charge in [-0.05, 0) is 46.9 Å². The van der Waals surface area contributed by atoms with E-state index < -0.39 is 14.6 Å². The molecule has 1 rings (SSSR count). The van der Waals surface area contributed by atoms with E-state index >= 15 is 0 Å². The molecule has 0 unspecified atom stereocenters. The Bertz CT molecular complexity index is 390. The highest BCUT2D eigenvalue weighted by Crippen LogP contribution is 2.39. The Balaban J connectivity index is 3.18. The summed E-state index contributed by atoms with van der Waals surface area (Å²) in [6.45, 7) is 0. The van der Waals surface area contributed by atoms with Gasteiger partial charge in [-0.1, -0.05) is 17.7 Å². The zero-order valence-corrected chi connectivity index (χ0v) is 9.94. The molecular weight excluding hydrogens is 288 g/mol. The highest BCUT2D eigenvalue weighted by atomic mass is 35.6. The van der Waals surface area contributed by atoms with Gasteiger partial charge in [0.15, 0.2) is 0 Å². The van der Waals surface area contributed by atoms with Crippen LogP contribution in [-0.4, -0.2) is 8.90 Å². The minimum atomic E-state index is -2.07. The lowest BCUT2D eigenvalue weighted by atomic mass is 10.3. The van der Waals surface area contributed by atoms with Crippen LogP contribution in [0.25, 0.3) is 0 Å². The van der Waals surface area contributed by atoms with E-state index in [0.717, 1.165) is 0 Å². The van der Waals surface area contributed by atoms with Crippen LogP contribution in [0.4, 0.5) is 5.69 Å². The van der Waals surface area contributed by atoms with Crippen molar-refractivity contribution in [2.24, 2.45) is 0 Å². The van der Waals surface area contributed by atoms with Crippen molar-refractivity contribution in [2.45, 2.75) is 3.98 Å². The molecule has 1 aromatic carbocycles. The second-order valence-electron chi connectivity index (χ2n) is 2.39. The average molecular weight is 291 g/mol. The molecule has 82 valence electrons. The van der Waals surface area contributed by atoms with Crippen LogP contribution in [0.2, 0.25) is 5.02 Å². The van der Waals surface area contributed by atoms with Crippen LogP contribution in [0.15, 0.2) is 18.2 Å². The predicted octanol–water partition coefficient (Wildman–Crippen LogP) is 3.95. The van der Waals surface area contributed by atoms with Crippen molar-refractivity contribution in [1.29, 1.82) is 0 Å². The first-order valence-electron chi connectivity index (χ1n) is 3.50. The maximum Gasteiger partial charge on any atom is 0.338 e. The monoisotopic (exact) mass is 289 g/mol. The third-order valence-electron chi connectivity index (χ3n) is 1.36. The third-order valence-corrected chi connectivity index (χ3v) is 1.89. The van der Waals surface area contributed by atoms with E-state index in [1.165, 1.54) is 18.2 Å². The van der Waals surface area contributed by atoms with Crippen LogP contribution >= 0.6 is 46.4 Å². The van der Waals surface area contributed by atoms with Gasteiger partial charge in [0, 0.05) is 0 Å². The van der Waals surface area contributed by atoms with E-state index in [2.05, 4.69) is 0 Å². The number of benzene rings is 1. The molecule has 0 aliphatic rings. The summed E-state index contributed by atoms with van der Waals surface area (Å²) in [7, 11) is 0. The summed E-state index contributed by atoms with van der Waals surface area (Å²) >= 11 is 21.6. The fraction of sp³-hybridized carbons (Fsp3) is 0.143. The molecule has 0 saturated heterocycles. The summed E-state index contributed by atoms with van der Waals surface area (Å²) in [5, 5.41) is 10.5. The van der Waals surface area contributed by atoms with E-state index in [-0.39, 0.29) is 10.8 Å². The number of ether oxygens (including phenoxy) is 1. The van der Waals surface area contributed by atoms with Crippen LogP contribution in [0.1, 0.15) is 0 Å². The normalized spacial score (nSPS) is 11.2. The molecule has 0 radical (unpaired) electrons. The minimum Gasteiger partial charge on any atom is -0.438 e. The number of hydrogen-bond donors (Lipinski definition) is 0. The molecule has 8 heteroatoms. The molecule has 15 heavy (non-hydrogen) atoms. The van der Waals surface area contributed by atoms with Crippen molar-refractivity contribution < 1.29 is 9.66 Å². The smallest absolute Gasteiger partial charge is 0.338 e. The van der Waals surface area contributed by atoms with Gasteiger partial charge in [-0.15, -0.1) is 0 Å². The molecule has 0 aliphatic carbocycles. The summed E-state index contributed by atoms with van der Waals surface area (Å²) < 4.78 is 2.67. The van der Waals surface area contributed by atoms with Crippen molar-refractivity contribution in [2.75, 3.05) is 0 Å². The number of rotatable bonds is 2. The van der Waals surface area contributed by atoms with Crippen LogP contribution < -0.4 is 4.74 Å². The molecule has 0 spiro atoms. The zero-order valence-electron chi connectivity index (χ0n) is 6.92. The molecule has 1 aromatic rings. The molecule has 0 fully saturated rings. The second-order valence-corrected chi connectivity index (χ2v) is 4.98. The van der Waals surface area contributed by atoms with Crippen LogP contribution in [-0.2, 0) is 0 Å². The predicted molar refractivity (Wildman–Crippen MR) is 59.0 cm³/mol. The number of nitrogens with zero attached hydrogens (tertiary/aromatic N) is 1. The van der Waals surface area contributed by atoms with Crippen molar-refractivity contribution in [3.8, 4) is 5.75 Å². The Hall–Kier alpha value is -0.420. The van der Waals surface area contributed by atoms with Crippen molar-refractivity contribution in [1.82, 2.24) is 0 Å². The third kappa shape index (κ3) is 3.57. The SMILES string of the molecule is O=[N+]([O-])c1c(Cl)cccc1OC(Cl)(Cl)Cl. The largest absolute Gasteiger partial charge is 0.438 e. The Labute approximate surface area is 105 Å². The number of halogens is 4. The highest BCUT2D eigenvalue weighted by molar-refractivity contribution is 6.66. The van der Waals surface area contributed by atoms with Crippen molar-refractivity contribution in [3.05, 3.63) is 33.3 Å². The van der Waals surface area contributed by atoms with Crippen molar-refractivity contribution in [3.63, 3.8) is 0 Å². The molecule has 0 saturated carbocycles. The van der Waals surface area contributed by atoms with Gasteiger partial charge in [0.25, 0.3) is 0 Å². The number of nitro groups is 1. The van der Waals surface area contributed by atoms with E-state index in [0.29, 0.717) is 0 Å². The first-order valence-corrected chi connectivity index (χ1v) is 5.01. The van der Waals surface area contributed by atoms with Gasteiger partial charge in [-0.25, -0.2) is 0 Å². The Morgan fingerprint density at radius 2 is 1.93 bits per heavy atom. The van der Waals surface area contributed by atoms with Gasteiger partial charge >= 0.3 is 9.67 Å². The minimum absolute atomic E-state index is 0.0910. The van der Waals surface area contributed by atoms with Gasteiger partial charge in [0.2, 0.25) is 5.75 Å². The van der Waals surface area contributed by atoms with Crippen molar-refractivity contribution >= 4 is 52.1 Å². The van der Waals surface area contributed by atoms with Gasteiger partial charge in [-0.3, -0.25) is 10.1 Å². The Kier molecular flexibility index (Phi) is 3.89. The van der Waals surface area contributed by atoms with E-state index in [9.17, 15) is 10.1 Å². The summed E-state index contributed by atoms with van der Waals surface area (Å²) in [6.07, 6.45) is 0. The van der Waals surface area contributed by atoms with E-state index in [4.69, 9.17) is 51.1 Å². The van der Waals surface area contributed by atoms with Gasteiger partial charge in [0.05, 0.1) is 4.92 Å². The fourth-order valence-electron chi connectivity index (χ4n) is 0.880. The van der Waals surface area contributed by atoms with Crippen LogP contribution in [0.3, 0.4) is 0 Å². The number of hydrogen-bond acceptors (Lipinski definition) is 3. The lowest BCUT2D eigenvalue weighted by molar-refractivity contribution is -0.385. The van der Waals surface area contributed by atoms with Gasteiger partial charge < -0.3 is 4.74 Å². The molecule has 4 nitrogen and oxygen atoms in total. The van der Waals surface area contributed by atoms with Gasteiger partial charge in [0.1, 0.15) is 5.02 Å². The number of nitro benzene ring substituents is 1. The molecule has 0 heterocycles. The fourth-order valence-corrected chi connectivity index (χ4v) is 1.36. The molecule has 0 atom stereocenters. The lowest BCUT2D eigenvalue weighted by Crippen LogP contribution is -2.13. The number of alkyl halides is 3. The summed E-state index contributed by atoms with van der Waals surface area (Å²) in [5.41, 5.74) is -0.439. The quantitative estimate of drug-likeness (QED) is 0.471. The summed E-state index contributed by atoms with van der Waals surface area (Å²) in [4.78, 5) is 9.93. The molecule has 0 aliphatic heterocycles. The molecule has 0 aromatic heterocycles. The Morgan fingerprint density at radius 3 is 2.40 bits per heavy atom. The maximum absolute atomic E-state index is 10.6. The molecule has 0 bridgehead atoms. The molecular formula is C7H3Cl4NO3. The zero-order chi connectivity index (χ0) is 11.6. The summed E-state index contributed by atoms with van der Waals surface area (Å²) in [5.74, 6) is -0.201. The standard InChI is InChI=1S/C7H3Cl4NO3/c8-4-2-1-3-5(6(4)12(13)14)15-7(9,10)11/h1-3H. The average Bonchev–Trinajstić information content (AvgIpc) is 1.99. The summed E-state index contributed by atoms with van der Waals surface area (Å²) in [6, 6.07) is 4.07. The van der Waals surface area contributed by atoms with Crippen LogP contribution in [0, 0.1) is 10.1 Å². The highest BCUT2D eigenvalue weighted by Gasteiger charge is 2.28. The number of para-hydroxylation sites is 1. The topological polar surface area (TPSA) is 52.4 Å². The van der Waals surface area contributed by atoms with E-state index in [1.807, 2.05) is 0 Å². The van der Waals surface area contributed by atoms with Crippen LogP contribution in [0.5, 0.6) is 5.75 Å². The Morgan fingerprint density at radius 1 is 1.33 bits per heavy atom. The van der Waals surface area contributed by atoms with E-state index in [1.54, 1.807) is 0 Å². The maximum atomic E-state index is 10.6.